The van der Waals surface area contributed by atoms with E-state index in [2.05, 4.69) is 18.7 Å². The minimum atomic E-state index is -0.450. The SMILES string of the molecule is CC(C)N1CCOC(COC(=O)c2ccc(Cl)cc2N)C1. The Kier molecular flexibility index (Phi) is 5.45. The van der Waals surface area contributed by atoms with Crippen molar-refractivity contribution in [2.75, 3.05) is 32.0 Å². The molecule has 1 aliphatic rings. The Labute approximate surface area is 130 Å². The highest BCUT2D eigenvalue weighted by Gasteiger charge is 2.24. The minimum absolute atomic E-state index is 0.0985. The molecule has 0 saturated carbocycles. The topological polar surface area (TPSA) is 64.8 Å². The van der Waals surface area contributed by atoms with E-state index in [9.17, 15) is 4.79 Å². The summed E-state index contributed by atoms with van der Waals surface area (Å²) < 4.78 is 10.9. The lowest BCUT2D eigenvalue weighted by Gasteiger charge is -2.35. The van der Waals surface area contributed by atoms with Gasteiger partial charge < -0.3 is 15.2 Å². The molecule has 0 amide bonds. The van der Waals surface area contributed by atoms with Crippen LogP contribution in [-0.4, -0.2) is 49.3 Å². The molecule has 1 aliphatic heterocycles. The number of halogens is 1. The summed E-state index contributed by atoms with van der Waals surface area (Å²) in [5.41, 5.74) is 6.42. The second-order valence-corrected chi connectivity index (χ2v) is 5.85. The van der Waals surface area contributed by atoms with Crippen LogP contribution in [0, 0.1) is 0 Å². The van der Waals surface area contributed by atoms with Crippen LogP contribution >= 0.6 is 11.6 Å². The molecule has 21 heavy (non-hydrogen) atoms. The number of rotatable bonds is 4. The highest BCUT2D eigenvalue weighted by molar-refractivity contribution is 6.31. The zero-order chi connectivity index (χ0) is 15.4. The quantitative estimate of drug-likeness (QED) is 0.682. The van der Waals surface area contributed by atoms with Crippen LogP contribution in [0.3, 0.4) is 0 Å². The van der Waals surface area contributed by atoms with Crippen molar-refractivity contribution in [3.05, 3.63) is 28.8 Å². The van der Waals surface area contributed by atoms with Gasteiger partial charge in [-0.05, 0) is 32.0 Å². The lowest BCUT2D eigenvalue weighted by Crippen LogP contribution is -2.47. The van der Waals surface area contributed by atoms with E-state index in [0.717, 1.165) is 13.1 Å². The fraction of sp³-hybridized carbons (Fsp3) is 0.533. The number of anilines is 1. The molecule has 0 spiro atoms. The van der Waals surface area contributed by atoms with E-state index in [1.165, 1.54) is 6.07 Å². The number of nitrogens with two attached hydrogens (primary N) is 1. The molecule has 1 aromatic carbocycles. The van der Waals surface area contributed by atoms with E-state index in [0.29, 0.717) is 28.9 Å². The fourth-order valence-corrected chi connectivity index (χ4v) is 2.46. The maximum atomic E-state index is 12.0. The Morgan fingerprint density at radius 3 is 3.00 bits per heavy atom. The molecule has 0 radical (unpaired) electrons. The first-order chi connectivity index (χ1) is 9.97. The summed E-state index contributed by atoms with van der Waals surface area (Å²) in [4.78, 5) is 14.3. The Morgan fingerprint density at radius 2 is 2.33 bits per heavy atom. The summed E-state index contributed by atoms with van der Waals surface area (Å²) >= 11 is 5.81. The molecule has 0 aromatic heterocycles. The van der Waals surface area contributed by atoms with E-state index < -0.39 is 5.97 Å². The highest BCUT2D eigenvalue weighted by atomic mass is 35.5. The second kappa shape index (κ2) is 7.11. The number of benzene rings is 1. The molecule has 1 saturated heterocycles. The predicted octanol–water partition coefficient (Wildman–Crippen LogP) is 2.19. The third-order valence-electron chi connectivity index (χ3n) is 3.53. The van der Waals surface area contributed by atoms with Crippen molar-refractivity contribution < 1.29 is 14.3 Å². The predicted molar refractivity (Wildman–Crippen MR) is 82.6 cm³/mol. The lowest BCUT2D eigenvalue weighted by atomic mass is 10.2. The van der Waals surface area contributed by atoms with Crippen molar-refractivity contribution >= 4 is 23.3 Å². The lowest BCUT2D eigenvalue weighted by molar-refractivity contribution is -0.0662. The van der Waals surface area contributed by atoms with Crippen LogP contribution in [0.2, 0.25) is 5.02 Å². The Bertz CT molecular complexity index is 508. The first-order valence-electron chi connectivity index (χ1n) is 7.05. The number of nitrogen functional groups attached to an aromatic ring is 1. The van der Waals surface area contributed by atoms with Gasteiger partial charge in [0.1, 0.15) is 12.7 Å². The molecule has 1 atom stereocenters. The normalized spacial score (nSPS) is 19.7. The molecule has 1 heterocycles. The third kappa shape index (κ3) is 4.33. The molecule has 0 aliphatic carbocycles. The smallest absolute Gasteiger partial charge is 0.340 e. The van der Waals surface area contributed by atoms with Crippen molar-refractivity contribution in [1.82, 2.24) is 4.90 Å². The Morgan fingerprint density at radius 1 is 1.57 bits per heavy atom. The maximum Gasteiger partial charge on any atom is 0.340 e. The standard InChI is InChI=1S/C15H21ClN2O3/c1-10(2)18-5-6-20-12(8-18)9-21-15(19)13-4-3-11(16)7-14(13)17/h3-4,7,10,12H,5-6,8-9,17H2,1-2H3. The Balaban J connectivity index is 1.89. The first-order valence-corrected chi connectivity index (χ1v) is 7.43. The van der Waals surface area contributed by atoms with Gasteiger partial charge in [-0.3, -0.25) is 4.90 Å². The van der Waals surface area contributed by atoms with Crippen LogP contribution in [0.4, 0.5) is 5.69 Å². The van der Waals surface area contributed by atoms with Gasteiger partial charge in [0, 0.05) is 29.8 Å². The van der Waals surface area contributed by atoms with Crippen LogP contribution in [0.25, 0.3) is 0 Å². The summed E-state index contributed by atoms with van der Waals surface area (Å²) in [6, 6.07) is 5.18. The van der Waals surface area contributed by atoms with Gasteiger partial charge in [0.25, 0.3) is 0 Å². The van der Waals surface area contributed by atoms with Gasteiger partial charge in [-0.1, -0.05) is 11.6 Å². The molecule has 1 fully saturated rings. The summed E-state index contributed by atoms with van der Waals surface area (Å²) in [6.45, 7) is 6.84. The zero-order valence-electron chi connectivity index (χ0n) is 12.3. The van der Waals surface area contributed by atoms with Crippen molar-refractivity contribution in [1.29, 1.82) is 0 Å². The van der Waals surface area contributed by atoms with Gasteiger partial charge in [0.05, 0.1) is 12.2 Å². The largest absolute Gasteiger partial charge is 0.459 e. The molecule has 6 heteroatoms. The van der Waals surface area contributed by atoms with Crippen molar-refractivity contribution in [3.63, 3.8) is 0 Å². The summed E-state index contributed by atoms with van der Waals surface area (Å²) in [6.07, 6.45) is -0.0985. The van der Waals surface area contributed by atoms with Gasteiger partial charge in [0.15, 0.2) is 0 Å². The molecule has 1 unspecified atom stereocenters. The van der Waals surface area contributed by atoms with Crippen molar-refractivity contribution in [2.24, 2.45) is 0 Å². The van der Waals surface area contributed by atoms with Gasteiger partial charge in [0.2, 0.25) is 0 Å². The molecule has 0 bridgehead atoms. The summed E-state index contributed by atoms with van der Waals surface area (Å²) in [5.74, 6) is -0.450. The van der Waals surface area contributed by atoms with Crippen LogP contribution < -0.4 is 5.73 Å². The van der Waals surface area contributed by atoms with Crippen LogP contribution in [0.1, 0.15) is 24.2 Å². The van der Waals surface area contributed by atoms with Crippen molar-refractivity contribution in [2.45, 2.75) is 26.0 Å². The van der Waals surface area contributed by atoms with Gasteiger partial charge in [-0.2, -0.15) is 0 Å². The molecular weight excluding hydrogens is 292 g/mol. The molecular formula is C15H21ClN2O3. The second-order valence-electron chi connectivity index (χ2n) is 5.41. The minimum Gasteiger partial charge on any atom is -0.459 e. The maximum absolute atomic E-state index is 12.0. The van der Waals surface area contributed by atoms with Crippen LogP contribution in [-0.2, 0) is 9.47 Å². The highest BCUT2D eigenvalue weighted by Crippen LogP contribution is 2.19. The average Bonchev–Trinajstić information content (AvgIpc) is 2.45. The van der Waals surface area contributed by atoms with E-state index in [1.807, 2.05) is 0 Å². The average molecular weight is 313 g/mol. The fourth-order valence-electron chi connectivity index (χ4n) is 2.28. The molecule has 1 aromatic rings. The monoisotopic (exact) mass is 312 g/mol. The number of ether oxygens (including phenoxy) is 2. The van der Waals surface area contributed by atoms with E-state index in [1.54, 1.807) is 12.1 Å². The van der Waals surface area contributed by atoms with Crippen LogP contribution in [0.5, 0.6) is 0 Å². The number of carbonyl (C=O) groups excluding carboxylic acids is 1. The number of nitrogens with zero attached hydrogens (tertiary/aromatic N) is 1. The van der Waals surface area contributed by atoms with Crippen molar-refractivity contribution in [3.8, 4) is 0 Å². The van der Waals surface area contributed by atoms with Gasteiger partial charge in [-0.15, -0.1) is 0 Å². The number of carbonyl (C=O) groups is 1. The van der Waals surface area contributed by atoms with E-state index >= 15 is 0 Å². The summed E-state index contributed by atoms with van der Waals surface area (Å²) in [7, 11) is 0. The molecule has 5 nitrogen and oxygen atoms in total. The van der Waals surface area contributed by atoms with E-state index in [-0.39, 0.29) is 12.7 Å². The molecule has 2 rings (SSSR count). The summed E-state index contributed by atoms with van der Waals surface area (Å²) in [5, 5.41) is 0.493. The molecule has 116 valence electrons. The zero-order valence-corrected chi connectivity index (χ0v) is 13.1. The van der Waals surface area contributed by atoms with Crippen LogP contribution in [0.15, 0.2) is 18.2 Å². The Hall–Kier alpha value is -1.30. The van der Waals surface area contributed by atoms with E-state index in [4.69, 9.17) is 26.8 Å². The number of hydrogen-bond acceptors (Lipinski definition) is 5. The number of hydrogen-bond donors (Lipinski definition) is 1. The van der Waals surface area contributed by atoms with Gasteiger partial charge in [-0.25, -0.2) is 4.79 Å². The molecule has 2 N–H and O–H groups in total. The number of morpholine rings is 1. The third-order valence-corrected chi connectivity index (χ3v) is 3.77. The first kappa shape index (κ1) is 16.1. The van der Waals surface area contributed by atoms with Gasteiger partial charge >= 0.3 is 5.97 Å². The number of esters is 1.